The summed E-state index contributed by atoms with van der Waals surface area (Å²) in [5, 5.41) is 13.5. The van der Waals surface area contributed by atoms with E-state index in [1.807, 2.05) is 30.5 Å². The van der Waals surface area contributed by atoms with Crippen molar-refractivity contribution in [3.05, 3.63) is 91.8 Å². The van der Waals surface area contributed by atoms with Crippen molar-refractivity contribution in [2.45, 2.75) is 57.8 Å². The molecule has 220 valence electrons. The molecule has 10 heteroatoms. The minimum absolute atomic E-state index is 0.0000979. The number of halogens is 1. The molecule has 0 radical (unpaired) electrons. The molecule has 43 heavy (non-hydrogen) atoms. The molecule has 1 saturated heterocycles. The lowest BCUT2D eigenvalue weighted by Gasteiger charge is -2.57. The molecule has 0 atom stereocenters. The van der Waals surface area contributed by atoms with Crippen molar-refractivity contribution in [3.8, 4) is 5.69 Å². The third-order valence-electron chi connectivity index (χ3n) is 10.0. The van der Waals surface area contributed by atoms with Crippen LogP contribution in [0.2, 0.25) is 5.02 Å². The predicted octanol–water partition coefficient (Wildman–Crippen LogP) is 6.79. The number of aromatic nitrogens is 1. The average molecular weight is 599 g/mol. The van der Waals surface area contributed by atoms with Gasteiger partial charge < -0.3 is 4.57 Å². The standard InChI is InChI=1S/C33H31ClN4O5/c1-18-9-23(19(2)36(18)26-7-8-29(38(42)43)28(34)14-26)13-27-30(39)35-32(41)37(31(27)40)25-5-3-24(4-6-25)33-15-20-10-21(16-33)12-22(11-20)17-33/h3-9,13-14,20-22H,10-12,15-17H2,1-2H3,(H,35,39,41)/b27-13+. The van der Waals surface area contributed by atoms with E-state index >= 15 is 0 Å². The Balaban J connectivity index is 1.18. The average Bonchev–Trinajstić information content (AvgIpc) is 3.22. The highest BCUT2D eigenvalue weighted by atomic mass is 35.5. The Morgan fingerprint density at radius 3 is 2.12 bits per heavy atom. The first-order chi connectivity index (χ1) is 20.5. The van der Waals surface area contributed by atoms with Crippen LogP contribution in [0.4, 0.5) is 16.2 Å². The number of carbonyl (C=O) groups is 3. The summed E-state index contributed by atoms with van der Waals surface area (Å²) in [5.41, 5.74) is 4.19. The minimum atomic E-state index is -0.777. The predicted molar refractivity (Wildman–Crippen MR) is 162 cm³/mol. The van der Waals surface area contributed by atoms with E-state index < -0.39 is 22.8 Å². The Labute approximate surface area is 253 Å². The number of barbiturate groups is 1. The number of anilines is 1. The second-order valence-corrected chi connectivity index (χ2v) is 13.2. The van der Waals surface area contributed by atoms with Gasteiger partial charge in [-0.1, -0.05) is 23.7 Å². The van der Waals surface area contributed by atoms with E-state index in [0.29, 0.717) is 22.6 Å². The van der Waals surface area contributed by atoms with Gasteiger partial charge in [0.05, 0.1) is 10.6 Å². The van der Waals surface area contributed by atoms with E-state index in [1.54, 1.807) is 12.1 Å². The minimum Gasteiger partial charge on any atom is -0.318 e. The summed E-state index contributed by atoms with van der Waals surface area (Å²) in [6.07, 6.45) is 9.19. The Bertz CT molecular complexity index is 1720. The lowest BCUT2D eigenvalue weighted by molar-refractivity contribution is -0.384. The zero-order valence-corrected chi connectivity index (χ0v) is 24.7. The molecular formula is C33H31ClN4O5. The van der Waals surface area contributed by atoms with Crippen molar-refractivity contribution >= 4 is 46.9 Å². The zero-order valence-electron chi connectivity index (χ0n) is 23.9. The van der Waals surface area contributed by atoms with Crippen LogP contribution in [0.25, 0.3) is 11.8 Å². The van der Waals surface area contributed by atoms with E-state index in [4.69, 9.17) is 11.6 Å². The van der Waals surface area contributed by atoms with Crippen molar-refractivity contribution in [1.82, 2.24) is 9.88 Å². The number of benzene rings is 2. The van der Waals surface area contributed by atoms with Crippen molar-refractivity contribution in [3.63, 3.8) is 0 Å². The van der Waals surface area contributed by atoms with Gasteiger partial charge in [-0.2, -0.15) is 0 Å². The van der Waals surface area contributed by atoms with Gasteiger partial charge >= 0.3 is 6.03 Å². The van der Waals surface area contributed by atoms with Gasteiger partial charge in [0.25, 0.3) is 17.5 Å². The Kier molecular flexibility index (Phi) is 6.36. The maximum absolute atomic E-state index is 13.7. The van der Waals surface area contributed by atoms with Crippen LogP contribution in [0.1, 0.15) is 61.0 Å². The fourth-order valence-corrected chi connectivity index (χ4v) is 8.83. The topological polar surface area (TPSA) is 115 Å². The molecule has 2 aromatic carbocycles. The number of rotatable bonds is 5. The molecule has 3 aromatic rings. The molecule has 4 amide bonds. The van der Waals surface area contributed by atoms with E-state index in [9.17, 15) is 24.5 Å². The molecule has 9 nitrogen and oxygen atoms in total. The maximum Gasteiger partial charge on any atom is 0.335 e. The molecule has 8 rings (SSSR count). The third-order valence-corrected chi connectivity index (χ3v) is 10.3. The molecule has 0 spiro atoms. The first-order valence-corrected chi connectivity index (χ1v) is 15.1. The fourth-order valence-electron chi connectivity index (χ4n) is 8.59. The van der Waals surface area contributed by atoms with Gasteiger partial charge in [0.1, 0.15) is 10.6 Å². The number of nitrogens with one attached hydrogen (secondary N) is 1. The second-order valence-electron chi connectivity index (χ2n) is 12.8. The molecule has 4 aliphatic carbocycles. The van der Waals surface area contributed by atoms with Crippen LogP contribution < -0.4 is 10.2 Å². The third kappa shape index (κ3) is 4.49. The number of hydrogen-bond acceptors (Lipinski definition) is 5. The highest BCUT2D eigenvalue weighted by Gasteiger charge is 2.51. The highest BCUT2D eigenvalue weighted by molar-refractivity contribution is 6.39. The Morgan fingerprint density at radius 1 is 0.930 bits per heavy atom. The number of imide groups is 2. The molecule has 5 fully saturated rings. The van der Waals surface area contributed by atoms with Crippen molar-refractivity contribution < 1.29 is 19.3 Å². The van der Waals surface area contributed by atoms with Crippen LogP contribution >= 0.6 is 11.6 Å². The SMILES string of the molecule is Cc1cc(/C=C2\C(=O)NC(=O)N(c3ccc(C45CC6CC(CC(C6)C4)C5)cc3)C2=O)c(C)n1-c1ccc([N+](=O)[O-])c(Cl)c1. The summed E-state index contributed by atoms with van der Waals surface area (Å²) < 4.78 is 1.83. The van der Waals surface area contributed by atoms with Gasteiger partial charge in [0, 0.05) is 23.1 Å². The first kappa shape index (κ1) is 27.6. The number of hydrogen-bond donors (Lipinski definition) is 1. The largest absolute Gasteiger partial charge is 0.335 e. The molecule has 1 aliphatic heterocycles. The Morgan fingerprint density at radius 2 is 1.53 bits per heavy atom. The van der Waals surface area contributed by atoms with Crippen LogP contribution in [0.15, 0.2) is 54.1 Å². The zero-order chi connectivity index (χ0) is 30.2. The number of amides is 4. The fraction of sp³-hybridized carbons (Fsp3) is 0.364. The molecule has 2 heterocycles. The molecule has 5 aliphatic rings. The molecule has 4 bridgehead atoms. The summed E-state index contributed by atoms with van der Waals surface area (Å²) in [7, 11) is 0. The van der Waals surface area contributed by atoms with E-state index in [1.165, 1.54) is 62.3 Å². The van der Waals surface area contributed by atoms with Gasteiger partial charge in [-0.05, 0) is 123 Å². The van der Waals surface area contributed by atoms with Crippen LogP contribution in [-0.4, -0.2) is 27.3 Å². The summed E-state index contributed by atoms with van der Waals surface area (Å²) in [6.45, 7) is 3.65. The highest BCUT2D eigenvalue weighted by Crippen LogP contribution is 2.60. The van der Waals surface area contributed by atoms with Gasteiger partial charge in [-0.3, -0.25) is 25.0 Å². The van der Waals surface area contributed by atoms with Crippen molar-refractivity contribution in [2.24, 2.45) is 17.8 Å². The second kappa shape index (κ2) is 9.91. The van der Waals surface area contributed by atoms with Gasteiger partial charge in [-0.25, -0.2) is 9.69 Å². The molecule has 0 unspecified atom stereocenters. The number of nitro benzene ring substituents is 1. The number of urea groups is 1. The normalized spacial score (nSPS) is 27.2. The van der Waals surface area contributed by atoms with Crippen LogP contribution in [0.5, 0.6) is 0 Å². The van der Waals surface area contributed by atoms with Crippen molar-refractivity contribution in [1.29, 1.82) is 0 Å². The van der Waals surface area contributed by atoms with E-state index in [-0.39, 0.29) is 21.7 Å². The summed E-state index contributed by atoms with van der Waals surface area (Å²) in [5.74, 6) is 0.953. The first-order valence-electron chi connectivity index (χ1n) is 14.7. The van der Waals surface area contributed by atoms with Gasteiger partial charge in [-0.15, -0.1) is 0 Å². The van der Waals surface area contributed by atoms with Gasteiger partial charge in [0.15, 0.2) is 0 Å². The number of nitrogens with zero attached hydrogens (tertiary/aromatic N) is 3. The van der Waals surface area contributed by atoms with Crippen molar-refractivity contribution in [2.75, 3.05) is 4.90 Å². The summed E-state index contributed by atoms with van der Waals surface area (Å²) in [4.78, 5) is 51.1. The number of aryl methyl sites for hydroxylation is 1. The lowest BCUT2D eigenvalue weighted by Crippen LogP contribution is -2.54. The smallest absolute Gasteiger partial charge is 0.318 e. The molecular weight excluding hydrogens is 568 g/mol. The lowest BCUT2D eigenvalue weighted by atomic mass is 9.48. The quantitative estimate of drug-likeness (QED) is 0.150. The monoisotopic (exact) mass is 598 g/mol. The van der Waals surface area contributed by atoms with Gasteiger partial charge in [0.2, 0.25) is 0 Å². The number of carbonyl (C=O) groups excluding carboxylic acids is 3. The van der Waals surface area contributed by atoms with E-state index in [0.717, 1.165) is 28.3 Å². The maximum atomic E-state index is 13.7. The van der Waals surface area contributed by atoms with E-state index in [2.05, 4.69) is 17.4 Å². The number of nitro groups is 1. The molecule has 1 N–H and O–H groups in total. The summed E-state index contributed by atoms with van der Waals surface area (Å²) in [6, 6.07) is 13.2. The molecule has 1 aromatic heterocycles. The van der Waals surface area contributed by atoms with Crippen LogP contribution in [0, 0.1) is 41.7 Å². The summed E-state index contributed by atoms with van der Waals surface area (Å²) >= 11 is 6.15. The van der Waals surface area contributed by atoms with Crippen LogP contribution in [0.3, 0.4) is 0 Å². The van der Waals surface area contributed by atoms with Crippen LogP contribution in [-0.2, 0) is 15.0 Å². The molecule has 4 saturated carbocycles. The Hall–Kier alpha value is -4.24.